The zero-order chi connectivity index (χ0) is 20.1. The average molecular weight is 395 g/mol. The highest BCUT2D eigenvalue weighted by Gasteiger charge is 2.22. The molecule has 0 radical (unpaired) electrons. The molecule has 2 aliphatic heterocycles. The van der Waals surface area contributed by atoms with Gasteiger partial charge in [-0.3, -0.25) is 9.89 Å². The molecule has 0 spiro atoms. The molecule has 154 valence electrons. The van der Waals surface area contributed by atoms with E-state index in [-0.39, 0.29) is 0 Å². The molecular formula is C22H30N6O. The molecule has 1 saturated heterocycles. The molecule has 2 N–H and O–H groups in total. The van der Waals surface area contributed by atoms with E-state index in [0.717, 1.165) is 31.7 Å². The summed E-state index contributed by atoms with van der Waals surface area (Å²) in [7, 11) is 0. The topological polar surface area (TPSA) is 79.9 Å². The van der Waals surface area contributed by atoms with Crippen molar-refractivity contribution < 1.29 is 4.74 Å². The van der Waals surface area contributed by atoms with Gasteiger partial charge in [0.05, 0.1) is 13.2 Å². The van der Waals surface area contributed by atoms with Crippen LogP contribution in [0.1, 0.15) is 43.7 Å². The van der Waals surface area contributed by atoms with Crippen molar-refractivity contribution in [2.45, 2.75) is 45.7 Å². The summed E-state index contributed by atoms with van der Waals surface area (Å²) in [6, 6.07) is 9.16. The molecule has 2 aromatic rings. The molecule has 0 bridgehead atoms. The van der Waals surface area contributed by atoms with Crippen LogP contribution in [-0.2, 0) is 13.1 Å². The van der Waals surface area contributed by atoms with Crippen LogP contribution in [0.15, 0.2) is 29.3 Å². The van der Waals surface area contributed by atoms with Crippen molar-refractivity contribution in [1.82, 2.24) is 14.9 Å². The molecule has 1 aromatic carbocycles. The number of nitrogens with two attached hydrogens (primary N) is 1. The lowest BCUT2D eigenvalue weighted by molar-refractivity contribution is 0.286. The van der Waals surface area contributed by atoms with Crippen molar-refractivity contribution in [2.75, 3.05) is 36.9 Å². The molecule has 2 aliphatic rings. The van der Waals surface area contributed by atoms with Crippen LogP contribution in [0.2, 0.25) is 0 Å². The molecule has 7 nitrogen and oxygen atoms in total. The maximum Gasteiger partial charge on any atom is 0.320 e. The number of nitrogens with zero attached hydrogens (tertiary/aromatic N) is 5. The first-order valence-electron chi connectivity index (χ1n) is 10.6. The van der Waals surface area contributed by atoms with Crippen molar-refractivity contribution in [3.8, 4) is 6.01 Å². The molecule has 0 aliphatic carbocycles. The molecule has 0 amide bonds. The van der Waals surface area contributed by atoms with Gasteiger partial charge in [0.1, 0.15) is 5.69 Å². The Bertz CT molecular complexity index is 862. The van der Waals surface area contributed by atoms with Gasteiger partial charge in [-0.05, 0) is 43.5 Å². The largest absolute Gasteiger partial charge is 0.463 e. The predicted molar refractivity (Wildman–Crippen MR) is 117 cm³/mol. The second-order valence-electron chi connectivity index (χ2n) is 7.76. The summed E-state index contributed by atoms with van der Waals surface area (Å²) >= 11 is 0. The predicted octanol–water partition coefficient (Wildman–Crippen LogP) is 3.56. The van der Waals surface area contributed by atoms with Crippen molar-refractivity contribution in [3.05, 3.63) is 35.4 Å². The van der Waals surface area contributed by atoms with Gasteiger partial charge >= 0.3 is 6.01 Å². The first-order chi connectivity index (χ1) is 14.2. The molecule has 1 fully saturated rings. The van der Waals surface area contributed by atoms with Crippen molar-refractivity contribution >= 4 is 23.5 Å². The zero-order valence-electron chi connectivity index (χ0n) is 17.2. The number of benzene rings is 1. The second-order valence-corrected chi connectivity index (χ2v) is 7.76. The van der Waals surface area contributed by atoms with Gasteiger partial charge < -0.3 is 15.4 Å². The number of aliphatic imine (C=N–C) groups is 1. The lowest BCUT2D eigenvalue weighted by atomic mass is 10.1. The van der Waals surface area contributed by atoms with Crippen LogP contribution in [0.3, 0.4) is 0 Å². The van der Waals surface area contributed by atoms with Gasteiger partial charge in [0.15, 0.2) is 11.6 Å². The molecule has 0 atom stereocenters. The number of nitrogen functional groups attached to an aromatic ring is 1. The van der Waals surface area contributed by atoms with Gasteiger partial charge in [0.2, 0.25) is 0 Å². The van der Waals surface area contributed by atoms with Gasteiger partial charge in [0.25, 0.3) is 0 Å². The molecule has 4 rings (SSSR count). The van der Waals surface area contributed by atoms with Gasteiger partial charge in [-0.2, -0.15) is 9.97 Å². The number of aromatic nitrogens is 2. The zero-order valence-corrected chi connectivity index (χ0v) is 17.2. The summed E-state index contributed by atoms with van der Waals surface area (Å²) in [5, 5.41) is 0. The molecule has 29 heavy (non-hydrogen) atoms. The fourth-order valence-electron chi connectivity index (χ4n) is 3.86. The third-order valence-electron chi connectivity index (χ3n) is 5.39. The van der Waals surface area contributed by atoms with Crippen LogP contribution < -0.4 is 15.4 Å². The van der Waals surface area contributed by atoms with Crippen LogP contribution in [-0.4, -0.2) is 47.3 Å². The van der Waals surface area contributed by atoms with E-state index in [4.69, 9.17) is 10.5 Å². The fraction of sp³-hybridized carbons (Fsp3) is 0.500. The van der Waals surface area contributed by atoms with Crippen LogP contribution in [0.5, 0.6) is 6.01 Å². The maximum absolute atomic E-state index is 6.14. The summed E-state index contributed by atoms with van der Waals surface area (Å²) < 4.78 is 5.70. The molecule has 1 aromatic heterocycles. The molecule has 3 heterocycles. The number of hydrogen-bond donors (Lipinski definition) is 1. The summed E-state index contributed by atoms with van der Waals surface area (Å²) in [5.41, 5.74) is 9.39. The first kappa shape index (κ1) is 19.6. The van der Waals surface area contributed by atoms with E-state index in [0.29, 0.717) is 30.7 Å². The third kappa shape index (κ3) is 4.85. The normalized spacial score (nSPS) is 16.2. The van der Waals surface area contributed by atoms with E-state index in [2.05, 4.69) is 55.9 Å². The Hall–Kier alpha value is -2.67. The van der Waals surface area contributed by atoms with Crippen molar-refractivity contribution in [3.63, 3.8) is 0 Å². The Morgan fingerprint density at radius 2 is 1.90 bits per heavy atom. The quantitative estimate of drug-likeness (QED) is 0.690. The standard InChI is InChI=1S/C22H30N6O/c1-2-3-13-29-22-25-20(23)19-21(26-22)28(12-9-24-19)16-18-8-6-7-17(14-18)15-27-10-4-5-11-27/h6-9,14H,2-5,10-13,15-16H2,1H3,(H2,23,25,26). The maximum atomic E-state index is 6.14. The summed E-state index contributed by atoms with van der Waals surface area (Å²) in [6.07, 6.45) is 6.52. The Kier molecular flexibility index (Phi) is 6.24. The van der Waals surface area contributed by atoms with Crippen LogP contribution in [0, 0.1) is 0 Å². The smallest absolute Gasteiger partial charge is 0.320 e. The highest BCUT2D eigenvalue weighted by Crippen LogP contribution is 2.35. The number of rotatable bonds is 8. The van der Waals surface area contributed by atoms with Gasteiger partial charge in [-0.1, -0.05) is 37.6 Å². The average Bonchev–Trinajstić information content (AvgIpc) is 3.22. The minimum Gasteiger partial charge on any atom is -0.463 e. The highest BCUT2D eigenvalue weighted by atomic mass is 16.5. The third-order valence-corrected chi connectivity index (χ3v) is 5.39. The van der Waals surface area contributed by atoms with Crippen LogP contribution in [0.4, 0.5) is 17.3 Å². The molecule has 0 unspecified atom stereocenters. The number of anilines is 2. The van der Waals surface area contributed by atoms with Crippen molar-refractivity contribution in [2.24, 2.45) is 4.99 Å². The van der Waals surface area contributed by atoms with Gasteiger partial charge in [-0.25, -0.2) is 0 Å². The van der Waals surface area contributed by atoms with Gasteiger partial charge in [0, 0.05) is 19.3 Å². The first-order valence-corrected chi connectivity index (χ1v) is 10.6. The number of unbranched alkanes of at least 4 members (excludes halogenated alkanes) is 1. The number of ether oxygens (including phenoxy) is 1. The second kappa shape index (κ2) is 9.22. The Labute approximate surface area is 172 Å². The van der Waals surface area contributed by atoms with E-state index >= 15 is 0 Å². The molecule has 0 saturated carbocycles. The summed E-state index contributed by atoms with van der Waals surface area (Å²) in [5.74, 6) is 1.11. The van der Waals surface area contributed by atoms with Crippen LogP contribution >= 0.6 is 0 Å². The number of fused-ring (bicyclic) bond motifs is 1. The number of likely N-dealkylation sites (tertiary alicyclic amines) is 1. The van der Waals surface area contributed by atoms with Crippen molar-refractivity contribution in [1.29, 1.82) is 0 Å². The Morgan fingerprint density at radius 3 is 2.69 bits per heavy atom. The van der Waals surface area contributed by atoms with E-state index in [9.17, 15) is 0 Å². The number of hydrogen-bond acceptors (Lipinski definition) is 7. The van der Waals surface area contributed by atoms with E-state index in [1.54, 1.807) is 0 Å². The monoisotopic (exact) mass is 394 g/mol. The minimum absolute atomic E-state index is 0.333. The summed E-state index contributed by atoms with van der Waals surface area (Å²) in [6.45, 7) is 7.59. The van der Waals surface area contributed by atoms with E-state index in [1.807, 2.05) is 6.21 Å². The Morgan fingerprint density at radius 1 is 1.10 bits per heavy atom. The molecular weight excluding hydrogens is 364 g/mol. The Balaban J connectivity index is 1.51. The fourth-order valence-corrected chi connectivity index (χ4v) is 3.86. The summed E-state index contributed by atoms with van der Waals surface area (Å²) in [4.78, 5) is 18.0. The SMILES string of the molecule is CCCCOc1nc(N)c2c(n1)N(Cc1cccc(CN3CCCC3)c1)CC=N2. The molecule has 7 heteroatoms. The van der Waals surface area contributed by atoms with E-state index in [1.165, 1.54) is 37.1 Å². The minimum atomic E-state index is 0.333. The highest BCUT2D eigenvalue weighted by molar-refractivity contribution is 5.84. The van der Waals surface area contributed by atoms with E-state index < -0.39 is 0 Å². The lowest BCUT2D eigenvalue weighted by Crippen LogP contribution is -2.28. The lowest BCUT2D eigenvalue weighted by Gasteiger charge is -2.27. The van der Waals surface area contributed by atoms with Gasteiger partial charge in [-0.15, -0.1) is 0 Å². The van der Waals surface area contributed by atoms with Crippen LogP contribution in [0.25, 0.3) is 0 Å².